The van der Waals surface area contributed by atoms with E-state index in [1.807, 2.05) is 6.92 Å². The summed E-state index contributed by atoms with van der Waals surface area (Å²) in [7, 11) is -0.773. The molecule has 156 valence electrons. The molecule has 0 fully saturated rings. The topological polar surface area (TPSA) is 102 Å². The molecule has 2 aromatic rings. The predicted molar refractivity (Wildman–Crippen MR) is 108 cm³/mol. The van der Waals surface area contributed by atoms with Gasteiger partial charge in [0.25, 0.3) is 5.91 Å². The fourth-order valence-electron chi connectivity index (χ4n) is 2.38. The Labute approximate surface area is 170 Å². The van der Waals surface area contributed by atoms with Crippen molar-refractivity contribution >= 4 is 27.6 Å². The minimum Gasteiger partial charge on any atom is -0.494 e. The summed E-state index contributed by atoms with van der Waals surface area (Å²) in [5.41, 5.74) is 1.03. The van der Waals surface area contributed by atoms with E-state index in [0.717, 1.165) is 9.87 Å². The molecule has 1 amide bonds. The number of sulfonamides is 1. The predicted octanol–water partition coefficient (Wildman–Crippen LogP) is 2.06. The molecule has 0 saturated carbocycles. The number of rotatable bonds is 9. The summed E-state index contributed by atoms with van der Waals surface area (Å²) in [6.45, 7) is 1.97. The zero-order valence-electron chi connectivity index (χ0n) is 16.5. The van der Waals surface area contributed by atoms with Gasteiger partial charge in [-0.3, -0.25) is 9.59 Å². The van der Waals surface area contributed by atoms with Crippen LogP contribution in [0.1, 0.15) is 12.5 Å². The van der Waals surface area contributed by atoms with Crippen molar-refractivity contribution in [2.75, 3.05) is 32.6 Å². The van der Waals surface area contributed by atoms with Crippen molar-refractivity contribution in [2.45, 2.75) is 18.2 Å². The summed E-state index contributed by atoms with van der Waals surface area (Å²) in [6.07, 6.45) is 0.0241. The molecule has 0 aliphatic heterocycles. The van der Waals surface area contributed by atoms with Gasteiger partial charge in [-0.2, -0.15) is 0 Å². The van der Waals surface area contributed by atoms with Crippen LogP contribution in [-0.2, 0) is 30.8 Å². The van der Waals surface area contributed by atoms with E-state index in [1.54, 1.807) is 30.3 Å². The van der Waals surface area contributed by atoms with E-state index in [0.29, 0.717) is 18.0 Å². The molecule has 0 heterocycles. The van der Waals surface area contributed by atoms with E-state index >= 15 is 0 Å². The zero-order chi connectivity index (χ0) is 21.4. The second-order valence-corrected chi connectivity index (χ2v) is 8.43. The molecule has 1 N–H and O–H groups in total. The Morgan fingerprint density at radius 1 is 1.07 bits per heavy atom. The van der Waals surface area contributed by atoms with Crippen molar-refractivity contribution in [1.82, 2.24) is 4.31 Å². The van der Waals surface area contributed by atoms with Gasteiger partial charge in [0.05, 0.1) is 17.9 Å². The Kier molecular flexibility index (Phi) is 7.74. The van der Waals surface area contributed by atoms with E-state index in [1.165, 1.54) is 32.3 Å². The number of hydrogen-bond donors (Lipinski definition) is 1. The molecule has 8 nitrogen and oxygen atoms in total. The molecule has 0 spiro atoms. The number of carbonyl (C=O) groups is 2. The van der Waals surface area contributed by atoms with Crippen molar-refractivity contribution in [1.29, 1.82) is 0 Å². The van der Waals surface area contributed by atoms with Crippen molar-refractivity contribution in [3.05, 3.63) is 54.1 Å². The average molecular weight is 420 g/mol. The highest BCUT2D eigenvalue weighted by molar-refractivity contribution is 7.89. The van der Waals surface area contributed by atoms with E-state index in [-0.39, 0.29) is 11.3 Å². The van der Waals surface area contributed by atoms with Gasteiger partial charge >= 0.3 is 5.97 Å². The molecule has 0 aliphatic rings. The van der Waals surface area contributed by atoms with E-state index in [9.17, 15) is 18.0 Å². The van der Waals surface area contributed by atoms with Gasteiger partial charge in [-0.15, -0.1) is 0 Å². The number of esters is 1. The SMILES string of the molecule is CCOc1ccc(CC(=O)OCC(=O)Nc2cccc(S(=O)(=O)N(C)C)c2)cc1. The molecule has 0 atom stereocenters. The van der Waals surface area contributed by atoms with Crippen LogP contribution in [0.2, 0.25) is 0 Å². The van der Waals surface area contributed by atoms with Crippen LogP contribution in [0.25, 0.3) is 0 Å². The van der Waals surface area contributed by atoms with Gasteiger partial charge in [0, 0.05) is 19.8 Å². The minimum absolute atomic E-state index is 0.0241. The highest BCUT2D eigenvalue weighted by Crippen LogP contribution is 2.18. The van der Waals surface area contributed by atoms with E-state index in [2.05, 4.69) is 5.32 Å². The fourth-order valence-corrected chi connectivity index (χ4v) is 3.32. The standard InChI is InChI=1S/C20H24N2O6S/c1-4-27-17-10-8-15(9-11-17)12-20(24)28-14-19(23)21-16-6-5-7-18(13-16)29(25,26)22(2)3/h5-11,13H,4,12,14H2,1-3H3,(H,21,23). The van der Waals surface area contributed by atoms with Gasteiger partial charge in [0.2, 0.25) is 10.0 Å². The number of amides is 1. The van der Waals surface area contributed by atoms with Gasteiger partial charge in [-0.05, 0) is 42.8 Å². The van der Waals surface area contributed by atoms with E-state index in [4.69, 9.17) is 9.47 Å². The molecule has 0 saturated heterocycles. The smallest absolute Gasteiger partial charge is 0.310 e. The molecule has 2 aromatic carbocycles. The Bertz CT molecular complexity index is 955. The molecular formula is C20H24N2O6S. The van der Waals surface area contributed by atoms with Gasteiger partial charge < -0.3 is 14.8 Å². The van der Waals surface area contributed by atoms with Gasteiger partial charge in [0.1, 0.15) is 5.75 Å². The third kappa shape index (κ3) is 6.58. The zero-order valence-corrected chi connectivity index (χ0v) is 17.4. The summed E-state index contributed by atoms with van der Waals surface area (Å²) in [5.74, 6) is -0.403. The van der Waals surface area contributed by atoms with Gasteiger partial charge in [-0.25, -0.2) is 12.7 Å². The molecular weight excluding hydrogens is 396 g/mol. The first-order valence-electron chi connectivity index (χ1n) is 8.92. The number of carbonyl (C=O) groups excluding carboxylic acids is 2. The number of nitrogens with one attached hydrogen (secondary N) is 1. The van der Waals surface area contributed by atoms with Crippen LogP contribution >= 0.6 is 0 Å². The first-order valence-corrected chi connectivity index (χ1v) is 10.4. The average Bonchev–Trinajstić information content (AvgIpc) is 2.68. The van der Waals surface area contributed by atoms with Crippen LogP contribution in [0.4, 0.5) is 5.69 Å². The molecule has 29 heavy (non-hydrogen) atoms. The largest absolute Gasteiger partial charge is 0.494 e. The van der Waals surface area contributed by atoms with Gasteiger partial charge in [-0.1, -0.05) is 18.2 Å². The molecule has 0 aliphatic carbocycles. The number of hydrogen-bond acceptors (Lipinski definition) is 6. The minimum atomic E-state index is -3.61. The molecule has 2 rings (SSSR count). The normalized spacial score (nSPS) is 11.2. The summed E-state index contributed by atoms with van der Waals surface area (Å²) >= 11 is 0. The van der Waals surface area contributed by atoms with Crippen LogP contribution in [-0.4, -0.2) is 51.9 Å². The maximum atomic E-state index is 12.2. The molecule has 0 aromatic heterocycles. The van der Waals surface area contributed by atoms with E-state index < -0.39 is 28.5 Å². The number of anilines is 1. The third-order valence-corrected chi connectivity index (χ3v) is 5.65. The Morgan fingerprint density at radius 3 is 2.38 bits per heavy atom. The van der Waals surface area contributed by atoms with Crippen molar-refractivity contribution < 1.29 is 27.5 Å². The van der Waals surface area contributed by atoms with Crippen molar-refractivity contribution in [3.8, 4) is 5.75 Å². The number of nitrogens with zero attached hydrogens (tertiary/aromatic N) is 1. The Morgan fingerprint density at radius 2 is 1.76 bits per heavy atom. The molecule has 0 unspecified atom stereocenters. The quantitative estimate of drug-likeness (QED) is 0.623. The first-order chi connectivity index (χ1) is 13.7. The monoisotopic (exact) mass is 420 g/mol. The van der Waals surface area contributed by atoms with Crippen molar-refractivity contribution in [2.24, 2.45) is 0 Å². The Hall–Kier alpha value is -2.91. The summed E-state index contributed by atoms with van der Waals surface area (Å²) in [5, 5.41) is 2.52. The summed E-state index contributed by atoms with van der Waals surface area (Å²) in [6, 6.07) is 12.9. The van der Waals surface area contributed by atoms with Crippen LogP contribution in [0.5, 0.6) is 5.75 Å². The number of ether oxygens (including phenoxy) is 2. The highest BCUT2D eigenvalue weighted by Gasteiger charge is 2.18. The van der Waals surface area contributed by atoms with Gasteiger partial charge in [0.15, 0.2) is 6.61 Å². The summed E-state index contributed by atoms with van der Waals surface area (Å²) < 4.78 is 35.7. The maximum Gasteiger partial charge on any atom is 0.310 e. The maximum absolute atomic E-state index is 12.2. The van der Waals surface area contributed by atoms with Crippen molar-refractivity contribution in [3.63, 3.8) is 0 Å². The first kappa shape index (κ1) is 22.4. The second-order valence-electron chi connectivity index (χ2n) is 6.28. The van der Waals surface area contributed by atoms with Crippen LogP contribution in [0, 0.1) is 0 Å². The second kappa shape index (κ2) is 10.0. The van der Waals surface area contributed by atoms with Crippen LogP contribution in [0.15, 0.2) is 53.4 Å². The third-order valence-electron chi connectivity index (χ3n) is 3.84. The highest BCUT2D eigenvalue weighted by atomic mass is 32.2. The number of benzene rings is 2. The summed E-state index contributed by atoms with van der Waals surface area (Å²) in [4.78, 5) is 24.0. The fraction of sp³-hybridized carbons (Fsp3) is 0.300. The lowest BCUT2D eigenvalue weighted by Crippen LogP contribution is -2.23. The molecule has 9 heteroatoms. The van der Waals surface area contributed by atoms with Crippen LogP contribution < -0.4 is 10.1 Å². The molecule has 0 bridgehead atoms. The lowest BCUT2D eigenvalue weighted by molar-refractivity contribution is -0.146. The Balaban J connectivity index is 1.87. The lowest BCUT2D eigenvalue weighted by Gasteiger charge is -2.12. The lowest BCUT2D eigenvalue weighted by atomic mass is 10.1. The van der Waals surface area contributed by atoms with Crippen LogP contribution in [0.3, 0.4) is 0 Å². The molecule has 0 radical (unpaired) electrons.